The van der Waals surface area contributed by atoms with Crippen molar-refractivity contribution < 1.29 is 4.79 Å². The molecule has 1 aromatic carbocycles. The molecule has 0 radical (unpaired) electrons. The second-order valence-corrected chi connectivity index (χ2v) is 8.07. The molecule has 0 spiro atoms. The monoisotopic (exact) mass is 418 g/mol. The van der Waals surface area contributed by atoms with Crippen LogP contribution in [-0.2, 0) is 13.1 Å². The molecule has 0 aliphatic heterocycles. The second-order valence-electron chi connectivity index (χ2n) is 5.90. The Kier molecular flexibility index (Phi) is 5.39. The average Bonchev–Trinajstić information content (AvgIpc) is 2.92. The van der Waals surface area contributed by atoms with Crippen molar-refractivity contribution in [3.05, 3.63) is 67.4 Å². The Morgan fingerprint density at radius 3 is 2.84 bits per heavy atom. The van der Waals surface area contributed by atoms with Gasteiger partial charge in [-0.1, -0.05) is 35.0 Å². The molecule has 130 valence electrons. The topological polar surface area (TPSA) is 51.1 Å². The molecule has 1 N–H and O–H groups in total. The maximum absolute atomic E-state index is 12.8. The van der Waals surface area contributed by atoms with Crippen molar-refractivity contribution in [3.8, 4) is 0 Å². The van der Waals surface area contributed by atoms with Crippen LogP contribution in [0.2, 0.25) is 0 Å². The lowest BCUT2D eigenvalue weighted by Crippen LogP contribution is -2.26. The molecule has 0 saturated carbocycles. The molecule has 0 saturated heterocycles. The van der Waals surface area contributed by atoms with E-state index < -0.39 is 0 Å². The lowest BCUT2D eigenvalue weighted by molar-refractivity contribution is 0.0952. The Bertz CT molecular complexity index is 991. The van der Waals surface area contributed by atoms with E-state index in [-0.39, 0.29) is 11.5 Å². The molecule has 0 aliphatic carbocycles. The molecule has 3 aromatic rings. The molecule has 1 amide bonds. The van der Waals surface area contributed by atoms with E-state index in [0.29, 0.717) is 24.0 Å². The molecule has 0 atom stereocenters. The van der Waals surface area contributed by atoms with Gasteiger partial charge in [0.1, 0.15) is 0 Å². The first-order valence-corrected chi connectivity index (χ1v) is 9.77. The number of aryl methyl sites for hydroxylation is 2. The number of rotatable bonds is 5. The second kappa shape index (κ2) is 7.54. The predicted molar refractivity (Wildman–Crippen MR) is 106 cm³/mol. The smallest absolute Gasteiger partial charge is 0.260 e. The molecular formula is C19H19BrN2O2S. The number of hydrogen-bond donors (Lipinski definition) is 1. The standard InChI is InChI=1S/C19H19BrN2O2S/c1-3-8-22-9-7-15-17(19(22)24)16(12(2)25-15)18(23)21-11-13-5-4-6-14(20)10-13/h4-7,9-10H,3,8,11H2,1-2H3,(H,21,23). The number of thiophene rings is 1. The molecule has 0 fully saturated rings. The van der Waals surface area contributed by atoms with Crippen molar-refractivity contribution in [2.24, 2.45) is 0 Å². The zero-order valence-electron chi connectivity index (χ0n) is 14.1. The number of nitrogens with one attached hydrogen (secondary N) is 1. The minimum absolute atomic E-state index is 0.0868. The van der Waals surface area contributed by atoms with Crippen LogP contribution in [0.5, 0.6) is 0 Å². The van der Waals surface area contributed by atoms with E-state index in [1.54, 1.807) is 4.57 Å². The van der Waals surface area contributed by atoms with Crippen LogP contribution >= 0.6 is 27.3 Å². The minimum Gasteiger partial charge on any atom is -0.348 e. The van der Waals surface area contributed by atoms with Crippen molar-refractivity contribution in [1.82, 2.24) is 9.88 Å². The quantitative estimate of drug-likeness (QED) is 0.663. The van der Waals surface area contributed by atoms with Crippen LogP contribution in [0.3, 0.4) is 0 Å². The Morgan fingerprint density at radius 2 is 2.12 bits per heavy atom. The normalized spacial score (nSPS) is 11.0. The number of nitrogens with zero attached hydrogens (tertiary/aromatic N) is 1. The van der Waals surface area contributed by atoms with E-state index in [1.807, 2.05) is 50.4 Å². The number of fused-ring (bicyclic) bond motifs is 1. The van der Waals surface area contributed by atoms with E-state index in [0.717, 1.165) is 26.0 Å². The van der Waals surface area contributed by atoms with Gasteiger partial charge in [0.2, 0.25) is 0 Å². The summed E-state index contributed by atoms with van der Waals surface area (Å²) < 4.78 is 3.51. The van der Waals surface area contributed by atoms with E-state index in [4.69, 9.17) is 0 Å². The summed E-state index contributed by atoms with van der Waals surface area (Å²) in [6, 6.07) is 9.72. The van der Waals surface area contributed by atoms with Gasteiger partial charge >= 0.3 is 0 Å². The maximum Gasteiger partial charge on any atom is 0.260 e. The third kappa shape index (κ3) is 3.70. The van der Waals surface area contributed by atoms with Crippen molar-refractivity contribution in [1.29, 1.82) is 0 Å². The van der Waals surface area contributed by atoms with Crippen LogP contribution < -0.4 is 10.9 Å². The molecule has 25 heavy (non-hydrogen) atoms. The van der Waals surface area contributed by atoms with E-state index in [1.165, 1.54) is 11.3 Å². The fraction of sp³-hybridized carbons (Fsp3) is 0.263. The summed E-state index contributed by atoms with van der Waals surface area (Å²) in [6.07, 6.45) is 2.69. The van der Waals surface area contributed by atoms with Gasteiger partial charge in [0.15, 0.2) is 0 Å². The Hall–Kier alpha value is -1.92. The first-order chi connectivity index (χ1) is 12.0. The molecule has 0 aliphatic rings. The summed E-state index contributed by atoms with van der Waals surface area (Å²) >= 11 is 4.92. The summed E-state index contributed by atoms with van der Waals surface area (Å²) in [7, 11) is 0. The van der Waals surface area contributed by atoms with Gasteiger partial charge < -0.3 is 9.88 Å². The van der Waals surface area contributed by atoms with Crippen LogP contribution in [-0.4, -0.2) is 10.5 Å². The van der Waals surface area contributed by atoms with Gasteiger partial charge in [0, 0.05) is 33.3 Å². The highest BCUT2D eigenvalue weighted by atomic mass is 79.9. The molecule has 0 unspecified atom stereocenters. The van der Waals surface area contributed by atoms with Crippen molar-refractivity contribution in [2.75, 3.05) is 0 Å². The summed E-state index contributed by atoms with van der Waals surface area (Å²) in [5.74, 6) is -0.199. The average molecular weight is 419 g/mol. The van der Waals surface area contributed by atoms with Crippen LogP contribution in [0.4, 0.5) is 0 Å². The highest BCUT2D eigenvalue weighted by molar-refractivity contribution is 9.10. The van der Waals surface area contributed by atoms with Gasteiger partial charge in [-0.3, -0.25) is 9.59 Å². The maximum atomic E-state index is 12.8. The summed E-state index contributed by atoms with van der Waals surface area (Å²) in [5, 5.41) is 3.47. The number of carbonyl (C=O) groups excluding carboxylic acids is 1. The van der Waals surface area contributed by atoms with Crippen LogP contribution in [0, 0.1) is 6.92 Å². The minimum atomic E-state index is -0.199. The number of benzene rings is 1. The van der Waals surface area contributed by atoms with Crippen molar-refractivity contribution in [3.63, 3.8) is 0 Å². The van der Waals surface area contributed by atoms with Gasteiger partial charge in [0.05, 0.1) is 10.9 Å². The number of amides is 1. The predicted octanol–water partition coefficient (Wildman–Crippen LogP) is 4.47. The van der Waals surface area contributed by atoms with E-state index in [2.05, 4.69) is 21.2 Å². The van der Waals surface area contributed by atoms with Gasteiger partial charge in [-0.05, 0) is 37.1 Å². The lowest BCUT2D eigenvalue weighted by atomic mass is 10.1. The highest BCUT2D eigenvalue weighted by Gasteiger charge is 2.19. The van der Waals surface area contributed by atoms with Gasteiger partial charge in [-0.25, -0.2) is 0 Å². The summed E-state index contributed by atoms with van der Waals surface area (Å²) in [6.45, 7) is 5.00. The van der Waals surface area contributed by atoms with Gasteiger partial charge in [0.25, 0.3) is 11.5 Å². The first-order valence-electron chi connectivity index (χ1n) is 8.16. The molecule has 2 aromatic heterocycles. The molecular weight excluding hydrogens is 400 g/mol. The van der Waals surface area contributed by atoms with Crippen molar-refractivity contribution >= 4 is 43.3 Å². The van der Waals surface area contributed by atoms with E-state index in [9.17, 15) is 9.59 Å². The molecule has 4 nitrogen and oxygen atoms in total. The van der Waals surface area contributed by atoms with Gasteiger partial charge in [-0.2, -0.15) is 0 Å². The SMILES string of the molecule is CCCn1ccc2sc(C)c(C(=O)NCc3cccc(Br)c3)c2c1=O. The fourth-order valence-corrected chi connectivity index (χ4v) is 4.37. The number of pyridine rings is 1. The molecule has 3 rings (SSSR count). The number of halogens is 1. The molecule has 6 heteroatoms. The molecule has 0 bridgehead atoms. The summed E-state index contributed by atoms with van der Waals surface area (Å²) in [5.41, 5.74) is 1.42. The number of aromatic nitrogens is 1. The Labute approximate surface area is 158 Å². The zero-order chi connectivity index (χ0) is 18.0. The van der Waals surface area contributed by atoms with Crippen LogP contribution in [0.25, 0.3) is 10.1 Å². The molecule has 2 heterocycles. The summed E-state index contributed by atoms with van der Waals surface area (Å²) in [4.78, 5) is 26.4. The third-order valence-electron chi connectivity index (χ3n) is 4.03. The van der Waals surface area contributed by atoms with Crippen molar-refractivity contribution in [2.45, 2.75) is 33.4 Å². The highest BCUT2D eigenvalue weighted by Crippen LogP contribution is 2.28. The largest absolute Gasteiger partial charge is 0.348 e. The Balaban J connectivity index is 1.94. The van der Waals surface area contributed by atoms with Gasteiger partial charge in [-0.15, -0.1) is 11.3 Å². The van der Waals surface area contributed by atoms with E-state index >= 15 is 0 Å². The zero-order valence-corrected chi connectivity index (χ0v) is 16.5. The number of carbonyl (C=O) groups is 1. The Morgan fingerprint density at radius 1 is 1.32 bits per heavy atom. The lowest BCUT2D eigenvalue weighted by Gasteiger charge is -2.07. The first kappa shape index (κ1) is 17.9. The van der Waals surface area contributed by atoms with Crippen LogP contribution in [0.15, 0.2) is 45.8 Å². The number of hydrogen-bond acceptors (Lipinski definition) is 3. The third-order valence-corrected chi connectivity index (χ3v) is 5.59. The van der Waals surface area contributed by atoms with Crippen LogP contribution in [0.1, 0.15) is 34.1 Å². The fourth-order valence-electron chi connectivity index (χ4n) is 2.87.